The molecule has 3 amide bonds. The van der Waals surface area contributed by atoms with Crippen LogP contribution in [-0.2, 0) is 20.7 Å². The molecule has 7 rings (SSSR count). The van der Waals surface area contributed by atoms with E-state index in [2.05, 4.69) is 39.6 Å². The van der Waals surface area contributed by atoms with Crippen LogP contribution in [-0.4, -0.2) is 84.3 Å². The number of benzene rings is 2. The van der Waals surface area contributed by atoms with Crippen LogP contribution in [0.3, 0.4) is 0 Å². The summed E-state index contributed by atoms with van der Waals surface area (Å²) in [5.74, 6) is 4.29. The zero-order valence-electron chi connectivity index (χ0n) is 31.1. The van der Waals surface area contributed by atoms with Crippen LogP contribution >= 0.6 is 0 Å². The fourth-order valence-electron chi connectivity index (χ4n) is 7.59. The lowest BCUT2D eigenvalue weighted by Gasteiger charge is -2.30. The smallest absolute Gasteiger partial charge is 0.407 e. The molecule has 0 spiro atoms. The standard InChI is InChI=1S/C39H49N9O5/c1-6-22(3)18-32(49)47-16-8-10-28(47)36-42-35(44-45-36)26-13-12-24-19-27-20-25(14-15-30(27)53-31(24)21-26)34-41-37(46-43-34)29-11-9-17-48(29)38(50)33(23(4)7-2)40-39(51)52-5/h12-15,20-23,28-29,33H,6-11,16-19H2,1-5H3,(H,40,51)(H,41,43,46)(H,42,44,45)/t22-,23-,28-,29-,33-/m0/s1. The molecule has 14 heteroatoms. The number of carbonyl (C=O) groups excluding carboxylic acids is 3. The first-order valence-electron chi connectivity index (χ1n) is 18.9. The first-order valence-corrected chi connectivity index (χ1v) is 18.9. The van der Waals surface area contributed by atoms with Gasteiger partial charge in [0, 0.05) is 42.6 Å². The molecule has 2 saturated heterocycles. The van der Waals surface area contributed by atoms with Crippen molar-refractivity contribution in [2.24, 2.45) is 11.8 Å². The molecule has 2 aromatic carbocycles. The molecule has 2 fully saturated rings. The number of nitrogens with one attached hydrogen (secondary N) is 3. The van der Waals surface area contributed by atoms with Gasteiger partial charge < -0.3 is 24.6 Å². The minimum Gasteiger partial charge on any atom is -0.457 e. The second-order valence-electron chi connectivity index (χ2n) is 14.7. The Hall–Kier alpha value is -5.27. The van der Waals surface area contributed by atoms with E-state index in [1.54, 1.807) is 4.90 Å². The summed E-state index contributed by atoms with van der Waals surface area (Å²) in [4.78, 5) is 52.2. The van der Waals surface area contributed by atoms with Gasteiger partial charge in [0.25, 0.3) is 0 Å². The van der Waals surface area contributed by atoms with Gasteiger partial charge in [0.15, 0.2) is 11.6 Å². The quantitative estimate of drug-likeness (QED) is 0.138. The number of ether oxygens (including phenoxy) is 2. The van der Waals surface area contributed by atoms with Crippen molar-refractivity contribution in [1.29, 1.82) is 0 Å². The summed E-state index contributed by atoms with van der Waals surface area (Å²) in [5.41, 5.74) is 3.73. The van der Waals surface area contributed by atoms with Gasteiger partial charge in [-0.05, 0) is 67.3 Å². The third kappa shape index (κ3) is 7.36. The highest BCUT2D eigenvalue weighted by Crippen LogP contribution is 2.41. The average molecular weight is 724 g/mol. The predicted molar refractivity (Wildman–Crippen MR) is 197 cm³/mol. The number of H-pyrrole nitrogens is 2. The van der Waals surface area contributed by atoms with Gasteiger partial charge in [-0.15, -0.1) is 0 Å². The van der Waals surface area contributed by atoms with Crippen molar-refractivity contribution in [1.82, 2.24) is 45.5 Å². The molecule has 2 aromatic heterocycles. The van der Waals surface area contributed by atoms with E-state index in [-0.39, 0.29) is 29.8 Å². The zero-order valence-corrected chi connectivity index (χ0v) is 31.1. The van der Waals surface area contributed by atoms with Gasteiger partial charge in [-0.25, -0.2) is 14.8 Å². The number of methoxy groups -OCH3 is 1. The van der Waals surface area contributed by atoms with Crippen LogP contribution in [0.2, 0.25) is 0 Å². The predicted octanol–water partition coefficient (Wildman–Crippen LogP) is 6.49. The van der Waals surface area contributed by atoms with Crippen LogP contribution in [0.4, 0.5) is 4.79 Å². The Bertz CT molecular complexity index is 1970. The van der Waals surface area contributed by atoms with E-state index in [1.165, 1.54) is 7.11 Å². The number of fused-ring (bicyclic) bond motifs is 2. The van der Waals surface area contributed by atoms with Crippen LogP contribution in [0.1, 0.15) is 108 Å². The highest BCUT2D eigenvalue weighted by molar-refractivity contribution is 5.86. The number of carbonyl (C=O) groups is 3. The number of likely N-dealkylation sites (tertiary alicyclic amines) is 2. The van der Waals surface area contributed by atoms with E-state index in [0.29, 0.717) is 42.8 Å². The second-order valence-corrected chi connectivity index (χ2v) is 14.7. The van der Waals surface area contributed by atoms with Gasteiger partial charge in [0.05, 0.1) is 19.2 Å². The number of nitrogens with zero attached hydrogens (tertiary/aromatic N) is 6. The maximum absolute atomic E-state index is 13.7. The first kappa shape index (κ1) is 36.1. The van der Waals surface area contributed by atoms with E-state index < -0.39 is 12.1 Å². The van der Waals surface area contributed by atoms with Crippen molar-refractivity contribution in [2.75, 3.05) is 20.2 Å². The molecule has 0 saturated carbocycles. The minimum atomic E-state index is -0.693. The first-order chi connectivity index (χ1) is 25.7. The Morgan fingerprint density at radius 2 is 1.51 bits per heavy atom. The highest BCUT2D eigenvalue weighted by atomic mass is 16.5. The van der Waals surface area contributed by atoms with Crippen LogP contribution in [0.15, 0.2) is 36.4 Å². The summed E-state index contributed by atoms with van der Waals surface area (Å²) < 4.78 is 11.2. The Balaban J connectivity index is 1.04. The van der Waals surface area contributed by atoms with E-state index in [0.717, 1.165) is 84.6 Å². The van der Waals surface area contributed by atoms with Gasteiger partial charge in [0.2, 0.25) is 11.8 Å². The number of aromatic nitrogens is 6. The number of aromatic amines is 2. The number of amides is 3. The highest BCUT2D eigenvalue weighted by Gasteiger charge is 2.38. The van der Waals surface area contributed by atoms with E-state index in [4.69, 9.17) is 19.4 Å². The summed E-state index contributed by atoms with van der Waals surface area (Å²) in [5, 5.41) is 18.0. The molecule has 0 bridgehead atoms. The molecular formula is C39H49N9O5. The monoisotopic (exact) mass is 723 g/mol. The summed E-state index contributed by atoms with van der Waals surface area (Å²) in [7, 11) is 1.30. The molecule has 3 N–H and O–H groups in total. The molecule has 5 heterocycles. The topological polar surface area (TPSA) is 171 Å². The van der Waals surface area contributed by atoms with Gasteiger partial charge in [0.1, 0.15) is 29.2 Å². The molecule has 4 aromatic rings. The lowest BCUT2D eigenvalue weighted by Crippen LogP contribution is -2.51. The van der Waals surface area contributed by atoms with Crippen molar-refractivity contribution < 1.29 is 23.9 Å². The van der Waals surface area contributed by atoms with E-state index in [1.807, 2.05) is 55.1 Å². The third-order valence-electron chi connectivity index (χ3n) is 11.1. The molecule has 0 radical (unpaired) electrons. The third-order valence-corrected chi connectivity index (χ3v) is 11.1. The molecule has 5 atom stereocenters. The normalized spacial score (nSPS) is 19.6. The average Bonchev–Trinajstić information content (AvgIpc) is 4.01. The second kappa shape index (κ2) is 15.4. The Morgan fingerprint density at radius 1 is 0.868 bits per heavy atom. The minimum absolute atomic E-state index is 0.0670. The summed E-state index contributed by atoms with van der Waals surface area (Å²) >= 11 is 0. The Labute approximate surface area is 309 Å². The summed E-state index contributed by atoms with van der Waals surface area (Å²) in [6, 6.07) is 10.9. The van der Waals surface area contributed by atoms with Crippen LogP contribution in [0.25, 0.3) is 22.8 Å². The van der Waals surface area contributed by atoms with Crippen LogP contribution in [0, 0.1) is 11.8 Å². The van der Waals surface area contributed by atoms with Crippen molar-refractivity contribution in [2.45, 2.75) is 97.2 Å². The van der Waals surface area contributed by atoms with Gasteiger partial charge in [-0.3, -0.25) is 19.8 Å². The molecule has 3 aliphatic heterocycles. The lowest BCUT2D eigenvalue weighted by atomic mass is 9.97. The summed E-state index contributed by atoms with van der Waals surface area (Å²) in [6.45, 7) is 9.49. The van der Waals surface area contributed by atoms with Crippen molar-refractivity contribution in [3.63, 3.8) is 0 Å². The molecule has 0 unspecified atom stereocenters. The largest absolute Gasteiger partial charge is 0.457 e. The van der Waals surface area contributed by atoms with E-state index in [9.17, 15) is 14.4 Å². The number of hydrogen-bond donors (Lipinski definition) is 3. The van der Waals surface area contributed by atoms with Crippen LogP contribution in [0.5, 0.6) is 11.5 Å². The van der Waals surface area contributed by atoms with Crippen molar-refractivity contribution in [3.05, 3.63) is 59.2 Å². The van der Waals surface area contributed by atoms with Gasteiger partial charge >= 0.3 is 6.09 Å². The lowest BCUT2D eigenvalue weighted by molar-refractivity contribution is -0.136. The number of hydrogen-bond acceptors (Lipinski definition) is 9. The molecular weight excluding hydrogens is 674 g/mol. The Morgan fingerprint density at radius 3 is 2.17 bits per heavy atom. The maximum Gasteiger partial charge on any atom is 0.407 e. The van der Waals surface area contributed by atoms with E-state index >= 15 is 0 Å². The molecule has 14 nitrogen and oxygen atoms in total. The molecule has 53 heavy (non-hydrogen) atoms. The SMILES string of the molecule is CC[C@H](C)CC(=O)N1CCC[C@H]1c1nc(-c2ccc3c(c2)Oc2ccc(-c4n[nH]c([C@@H]5CCCN5C(=O)[C@@H](NC(=O)OC)[C@@H](C)CC)n4)cc2C3)n[nH]1. The maximum atomic E-state index is 13.7. The van der Waals surface area contributed by atoms with Gasteiger partial charge in [-0.1, -0.05) is 52.7 Å². The molecule has 0 aliphatic carbocycles. The summed E-state index contributed by atoms with van der Waals surface area (Å²) in [6.07, 6.45) is 5.70. The number of rotatable bonds is 11. The molecule has 280 valence electrons. The fourth-order valence-corrected chi connectivity index (χ4v) is 7.59. The fraction of sp³-hybridized carbons (Fsp3) is 0.513. The molecule has 3 aliphatic rings. The zero-order chi connectivity index (χ0) is 37.2. The van der Waals surface area contributed by atoms with Crippen LogP contribution < -0.4 is 10.1 Å². The number of alkyl carbamates (subject to hydrolysis) is 1. The Kier molecular flexibility index (Phi) is 10.5. The van der Waals surface area contributed by atoms with Crippen molar-refractivity contribution in [3.8, 4) is 34.3 Å². The van der Waals surface area contributed by atoms with Crippen molar-refractivity contribution >= 4 is 17.9 Å². The van der Waals surface area contributed by atoms with Gasteiger partial charge in [-0.2, -0.15) is 10.2 Å².